The van der Waals surface area contributed by atoms with Gasteiger partial charge in [-0.15, -0.1) is 0 Å². The predicted octanol–water partition coefficient (Wildman–Crippen LogP) is 1.92. The summed E-state index contributed by atoms with van der Waals surface area (Å²) in [7, 11) is 0. The van der Waals surface area contributed by atoms with E-state index in [9.17, 15) is 0 Å². The van der Waals surface area contributed by atoms with Crippen molar-refractivity contribution in [3.8, 4) is 0 Å². The highest BCUT2D eigenvalue weighted by Crippen LogP contribution is 2.35. The fraction of sp³-hybridized carbons (Fsp3) is 0.571. The largest absolute Gasteiger partial charge is 0.397 e. The maximum Gasteiger partial charge on any atom is 0.171 e. The fourth-order valence-corrected chi connectivity index (χ4v) is 2.81. The van der Waals surface area contributed by atoms with Crippen LogP contribution in [0.4, 0.5) is 11.4 Å². The number of nitrogens with two attached hydrogens (primary N) is 1. The van der Waals surface area contributed by atoms with Crippen molar-refractivity contribution in [2.75, 3.05) is 36.9 Å². The van der Waals surface area contributed by atoms with Crippen LogP contribution in [-0.2, 0) is 9.47 Å². The molecule has 4 heteroatoms. The van der Waals surface area contributed by atoms with Crippen molar-refractivity contribution in [3.05, 3.63) is 23.8 Å². The van der Waals surface area contributed by atoms with Gasteiger partial charge < -0.3 is 20.1 Å². The number of nitrogens with zero attached hydrogens (tertiary/aromatic N) is 1. The zero-order valence-electron chi connectivity index (χ0n) is 10.8. The summed E-state index contributed by atoms with van der Waals surface area (Å²) in [6.07, 6.45) is 1.83. The number of piperidine rings is 1. The molecule has 2 fully saturated rings. The van der Waals surface area contributed by atoms with Gasteiger partial charge in [0.05, 0.1) is 24.6 Å². The predicted molar refractivity (Wildman–Crippen MR) is 71.7 cm³/mol. The number of anilines is 2. The minimum atomic E-state index is -0.310. The first-order valence-corrected chi connectivity index (χ1v) is 6.58. The Labute approximate surface area is 108 Å². The third-order valence-corrected chi connectivity index (χ3v) is 3.98. The molecule has 0 aliphatic carbocycles. The highest BCUT2D eigenvalue weighted by molar-refractivity contribution is 5.71. The number of rotatable bonds is 1. The van der Waals surface area contributed by atoms with Gasteiger partial charge in [0, 0.05) is 25.9 Å². The van der Waals surface area contributed by atoms with Crippen molar-refractivity contribution in [1.29, 1.82) is 0 Å². The van der Waals surface area contributed by atoms with Crippen LogP contribution in [-0.4, -0.2) is 32.1 Å². The highest BCUT2D eigenvalue weighted by Gasteiger charge is 2.40. The van der Waals surface area contributed by atoms with Gasteiger partial charge in [0.25, 0.3) is 0 Å². The van der Waals surface area contributed by atoms with Crippen LogP contribution >= 0.6 is 0 Å². The van der Waals surface area contributed by atoms with E-state index >= 15 is 0 Å². The molecule has 0 radical (unpaired) electrons. The molecule has 0 amide bonds. The summed E-state index contributed by atoms with van der Waals surface area (Å²) in [5.74, 6) is -0.310. The number of aryl methyl sites for hydroxylation is 1. The zero-order valence-corrected chi connectivity index (χ0v) is 10.8. The smallest absolute Gasteiger partial charge is 0.171 e. The van der Waals surface area contributed by atoms with Gasteiger partial charge in [-0.1, -0.05) is 12.1 Å². The summed E-state index contributed by atoms with van der Waals surface area (Å²) in [5.41, 5.74) is 9.33. The Kier molecular flexibility index (Phi) is 2.92. The minimum Gasteiger partial charge on any atom is -0.397 e. The van der Waals surface area contributed by atoms with Crippen molar-refractivity contribution >= 4 is 11.4 Å². The Morgan fingerprint density at radius 3 is 2.50 bits per heavy atom. The molecule has 0 aromatic heterocycles. The first-order valence-electron chi connectivity index (χ1n) is 6.58. The summed E-state index contributed by atoms with van der Waals surface area (Å²) in [6, 6.07) is 6.21. The molecule has 0 saturated carbocycles. The van der Waals surface area contributed by atoms with Crippen LogP contribution in [0.1, 0.15) is 18.4 Å². The summed E-state index contributed by atoms with van der Waals surface area (Å²) in [5, 5.41) is 0. The lowest BCUT2D eigenvalue weighted by Gasteiger charge is -2.39. The average molecular weight is 248 g/mol. The van der Waals surface area contributed by atoms with Crippen LogP contribution in [0.3, 0.4) is 0 Å². The first-order chi connectivity index (χ1) is 8.70. The lowest BCUT2D eigenvalue weighted by atomic mass is 10.0. The van der Waals surface area contributed by atoms with Gasteiger partial charge in [0.1, 0.15) is 0 Å². The van der Waals surface area contributed by atoms with Crippen molar-refractivity contribution in [2.24, 2.45) is 0 Å². The van der Waals surface area contributed by atoms with Gasteiger partial charge in [-0.25, -0.2) is 0 Å². The average Bonchev–Trinajstić information content (AvgIpc) is 2.83. The Hall–Kier alpha value is -1.26. The van der Waals surface area contributed by atoms with E-state index in [0.717, 1.165) is 56.1 Å². The summed E-state index contributed by atoms with van der Waals surface area (Å²) in [4.78, 5) is 2.33. The molecule has 0 atom stereocenters. The van der Waals surface area contributed by atoms with E-state index in [2.05, 4.69) is 17.0 Å². The molecule has 1 aromatic carbocycles. The van der Waals surface area contributed by atoms with Crippen LogP contribution in [0.25, 0.3) is 0 Å². The summed E-state index contributed by atoms with van der Waals surface area (Å²) >= 11 is 0. The Bertz CT molecular complexity index is 431. The number of nitrogen functional groups attached to an aromatic ring is 1. The zero-order chi connectivity index (χ0) is 12.6. The number of benzene rings is 1. The molecule has 18 heavy (non-hydrogen) atoms. The van der Waals surface area contributed by atoms with Gasteiger partial charge >= 0.3 is 0 Å². The Balaban J connectivity index is 1.74. The van der Waals surface area contributed by atoms with Crippen LogP contribution < -0.4 is 10.6 Å². The molecule has 0 bridgehead atoms. The molecule has 2 saturated heterocycles. The molecular weight excluding hydrogens is 228 g/mol. The second-order valence-electron chi connectivity index (χ2n) is 5.10. The number of ether oxygens (including phenoxy) is 2. The normalized spacial score (nSPS) is 22.6. The third kappa shape index (κ3) is 1.95. The van der Waals surface area contributed by atoms with E-state index in [-0.39, 0.29) is 5.79 Å². The molecular formula is C14H20N2O2. The minimum absolute atomic E-state index is 0.310. The molecule has 2 aliphatic heterocycles. The molecule has 4 nitrogen and oxygen atoms in total. The highest BCUT2D eigenvalue weighted by atomic mass is 16.7. The maximum absolute atomic E-state index is 6.15. The Morgan fingerprint density at radius 1 is 1.17 bits per heavy atom. The summed E-state index contributed by atoms with van der Waals surface area (Å²) in [6.45, 7) is 5.38. The van der Waals surface area contributed by atoms with Crippen LogP contribution in [0.15, 0.2) is 18.2 Å². The molecule has 2 N–H and O–H groups in total. The number of hydrogen-bond acceptors (Lipinski definition) is 4. The van der Waals surface area contributed by atoms with E-state index in [1.54, 1.807) is 0 Å². The molecule has 1 spiro atoms. The maximum atomic E-state index is 6.15. The van der Waals surface area contributed by atoms with Crippen molar-refractivity contribution in [2.45, 2.75) is 25.6 Å². The van der Waals surface area contributed by atoms with E-state index < -0.39 is 0 Å². The molecule has 1 aromatic rings. The van der Waals surface area contributed by atoms with E-state index in [1.807, 2.05) is 13.0 Å². The molecule has 98 valence electrons. The lowest BCUT2D eigenvalue weighted by Crippen LogP contribution is -2.45. The van der Waals surface area contributed by atoms with Crippen molar-refractivity contribution < 1.29 is 9.47 Å². The molecule has 2 heterocycles. The van der Waals surface area contributed by atoms with Crippen molar-refractivity contribution in [1.82, 2.24) is 0 Å². The van der Waals surface area contributed by atoms with Gasteiger partial charge in [-0.05, 0) is 18.6 Å². The number of para-hydroxylation sites is 1. The SMILES string of the molecule is Cc1cccc(N2CCC3(CC2)OCCO3)c1N. The fourth-order valence-electron chi connectivity index (χ4n) is 2.81. The number of hydrogen-bond donors (Lipinski definition) is 1. The van der Waals surface area contributed by atoms with E-state index in [0.29, 0.717) is 0 Å². The second-order valence-corrected chi connectivity index (χ2v) is 5.10. The second kappa shape index (κ2) is 4.44. The van der Waals surface area contributed by atoms with Gasteiger partial charge in [-0.2, -0.15) is 0 Å². The van der Waals surface area contributed by atoms with E-state index in [1.165, 1.54) is 0 Å². The third-order valence-electron chi connectivity index (χ3n) is 3.98. The van der Waals surface area contributed by atoms with Crippen LogP contribution in [0.5, 0.6) is 0 Å². The van der Waals surface area contributed by atoms with Crippen molar-refractivity contribution in [3.63, 3.8) is 0 Å². The van der Waals surface area contributed by atoms with Crippen LogP contribution in [0, 0.1) is 6.92 Å². The monoisotopic (exact) mass is 248 g/mol. The Morgan fingerprint density at radius 2 is 1.83 bits per heavy atom. The van der Waals surface area contributed by atoms with Crippen LogP contribution in [0.2, 0.25) is 0 Å². The summed E-state index contributed by atoms with van der Waals surface area (Å²) < 4.78 is 11.5. The van der Waals surface area contributed by atoms with Gasteiger partial charge in [0.15, 0.2) is 5.79 Å². The standard InChI is InChI=1S/C14H20N2O2/c1-11-3-2-4-12(13(11)15)16-7-5-14(6-8-16)17-9-10-18-14/h2-4H,5-10,15H2,1H3. The first kappa shape index (κ1) is 11.8. The van der Waals surface area contributed by atoms with Gasteiger partial charge in [-0.3, -0.25) is 0 Å². The molecule has 0 unspecified atom stereocenters. The van der Waals surface area contributed by atoms with Gasteiger partial charge in [0.2, 0.25) is 0 Å². The topological polar surface area (TPSA) is 47.7 Å². The molecule has 2 aliphatic rings. The quantitative estimate of drug-likeness (QED) is 0.771. The lowest BCUT2D eigenvalue weighted by molar-refractivity contribution is -0.169. The van der Waals surface area contributed by atoms with E-state index in [4.69, 9.17) is 15.2 Å². The molecule has 3 rings (SSSR count).